The molecular weight excluding hydrogens is 274 g/mol. The van der Waals surface area contributed by atoms with E-state index < -0.39 is 0 Å². The molecule has 0 radical (unpaired) electrons. The lowest BCUT2D eigenvalue weighted by molar-refractivity contribution is 0.0926. The van der Waals surface area contributed by atoms with E-state index in [1.165, 1.54) is 30.6 Å². The predicted molar refractivity (Wildman–Crippen MR) is 75.0 cm³/mol. The molecular formula is C13H17N5OS. The predicted octanol–water partition coefficient (Wildman–Crippen LogP) is 2.13. The molecule has 4 rings (SSSR count). The molecule has 2 fully saturated rings. The molecule has 2 saturated carbocycles. The monoisotopic (exact) mass is 291 g/mol. The van der Waals surface area contributed by atoms with Crippen molar-refractivity contribution in [1.82, 2.24) is 25.1 Å². The van der Waals surface area contributed by atoms with Gasteiger partial charge >= 0.3 is 0 Å². The van der Waals surface area contributed by atoms with Gasteiger partial charge in [0.2, 0.25) is 9.97 Å². The van der Waals surface area contributed by atoms with E-state index in [1.54, 1.807) is 4.52 Å². The number of amides is 1. The van der Waals surface area contributed by atoms with Crippen LogP contribution in [0.25, 0.3) is 4.96 Å². The number of hydrogen-bond acceptors (Lipinski definition) is 5. The average Bonchev–Trinajstić information content (AvgIpc) is 3.08. The molecule has 2 heterocycles. The van der Waals surface area contributed by atoms with E-state index in [-0.39, 0.29) is 5.91 Å². The second-order valence-electron chi connectivity index (χ2n) is 5.74. The molecule has 0 aromatic carbocycles. The number of carbonyl (C=O) groups excluding carboxylic acids is 1. The Kier molecular flexibility index (Phi) is 2.94. The second kappa shape index (κ2) is 4.80. The average molecular weight is 291 g/mol. The fraction of sp³-hybridized carbons (Fsp3) is 0.692. The highest BCUT2D eigenvalue weighted by Gasteiger charge is 2.30. The van der Waals surface area contributed by atoms with Gasteiger partial charge in [0.05, 0.1) is 0 Å². The van der Waals surface area contributed by atoms with Crippen LogP contribution in [-0.4, -0.2) is 31.8 Å². The third-order valence-corrected chi connectivity index (χ3v) is 4.99. The van der Waals surface area contributed by atoms with E-state index in [9.17, 15) is 4.79 Å². The Morgan fingerprint density at radius 3 is 2.70 bits per heavy atom. The van der Waals surface area contributed by atoms with Crippen molar-refractivity contribution in [3.05, 3.63) is 10.8 Å². The van der Waals surface area contributed by atoms with Crippen molar-refractivity contribution in [3.8, 4) is 0 Å². The molecule has 0 bridgehead atoms. The molecule has 0 unspecified atom stereocenters. The number of aromatic nitrogens is 4. The molecule has 2 aliphatic carbocycles. The number of nitrogens with one attached hydrogen (secondary N) is 1. The van der Waals surface area contributed by atoms with Gasteiger partial charge in [-0.15, -0.1) is 15.3 Å². The van der Waals surface area contributed by atoms with Gasteiger partial charge in [0, 0.05) is 12.0 Å². The minimum atomic E-state index is -0.0610. The maximum absolute atomic E-state index is 12.3. The van der Waals surface area contributed by atoms with E-state index in [4.69, 9.17) is 0 Å². The van der Waals surface area contributed by atoms with E-state index in [0.717, 1.165) is 36.5 Å². The van der Waals surface area contributed by atoms with Crippen LogP contribution < -0.4 is 5.32 Å². The summed E-state index contributed by atoms with van der Waals surface area (Å²) in [5.41, 5.74) is 0. The summed E-state index contributed by atoms with van der Waals surface area (Å²) in [6.45, 7) is 0. The standard InChI is InChI=1S/C13H17N5OS/c19-11(14-9-4-2-1-3-5-9)12-17-18-10(8-6-7-8)15-16-13(18)20-12/h8-9H,1-7H2,(H,14,19). The summed E-state index contributed by atoms with van der Waals surface area (Å²) in [5.74, 6) is 1.34. The first-order valence-electron chi connectivity index (χ1n) is 7.34. The third-order valence-electron chi connectivity index (χ3n) is 4.09. The van der Waals surface area contributed by atoms with Crippen LogP contribution in [0, 0.1) is 0 Å². The number of rotatable bonds is 3. The van der Waals surface area contributed by atoms with E-state index in [0.29, 0.717) is 17.0 Å². The molecule has 0 spiro atoms. The van der Waals surface area contributed by atoms with Crippen LogP contribution in [-0.2, 0) is 0 Å². The van der Waals surface area contributed by atoms with Crippen molar-refractivity contribution in [3.63, 3.8) is 0 Å². The number of hydrogen-bond donors (Lipinski definition) is 1. The molecule has 2 aromatic heterocycles. The largest absolute Gasteiger partial charge is 0.347 e. The minimum absolute atomic E-state index is 0.0610. The topological polar surface area (TPSA) is 72.2 Å². The van der Waals surface area contributed by atoms with E-state index in [1.807, 2.05) is 0 Å². The fourth-order valence-corrected chi connectivity index (χ4v) is 3.56. The smallest absolute Gasteiger partial charge is 0.282 e. The molecule has 7 heteroatoms. The van der Waals surface area contributed by atoms with Crippen molar-refractivity contribution in [1.29, 1.82) is 0 Å². The van der Waals surface area contributed by atoms with Crippen LogP contribution in [0.5, 0.6) is 0 Å². The maximum Gasteiger partial charge on any atom is 0.282 e. The normalized spacial score (nSPS) is 20.4. The Hall–Kier alpha value is -1.50. The summed E-state index contributed by atoms with van der Waals surface area (Å²) < 4.78 is 1.75. The van der Waals surface area contributed by atoms with Crippen LogP contribution in [0.2, 0.25) is 0 Å². The quantitative estimate of drug-likeness (QED) is 0.940. The van der Waals surface area contributed by atoms with Gasteiger partial charge < -0.3 is 5.32 Å². The third kappa shape index (κ3) is 2.19. The lowest BCUT2D eigenvalue weighted by Crippen LogP contribution is -2.36. The summed E-state index contributed by atoms with van der Waals surface area (Å²) in [6.07, 6.45) is 8.19. The zero-order chi connectivity index (χ0) is 13.5. The lowest BCUT2D eigenvalue weighted by atomic mass is 9.95. The summed E-state index contributed by atoms with van der Waals surface area (Å²) in [7, 11) is 0. The maximum atomic E-state index is 12.3. The highest BCUT2D eigenvalue weighted by atomic mass is 32.1. The van der Waals surface area contributed by atoms with Crippen LogP contribution in [0.15, 0.2) is 0 Å². The zero-order valence-corrected chi connectivity index (χ0v) is 12.0. The molecule has 6 nitrogen and oxygen atoms in total. The minimum Gasteiger partial charge on any atom is -0.347 e. The molecule has 0 atom stereocenters. The van der Waals surface area contributed by atoms with E-state index in [2.05, 4.69) is 20.6 Å². The molecule has 0 aliphatic heterocycles. The molecule has 106 valence electrons. The van der Waals surface area contributed by atoms with Gasteiger partial charge in [0.25, 0.3) is 5.91 Å². The van der Waals surface area contributed by atoms with Crippen LogP contribution >= 0.6 is 11.3 Å². The van der Waals surface area contributed by atoms with Gasteiger partial charge in [0.1, 0.15) is 0 Å². The Balaban J connectivity index is 1.53. The van der Waals surface area contributed by atoms with Gasteiger partial charge in [-0.25, -0.2) is 0 Å². The molecule has 0 saturated heterocycles. The van der Waals surface area contributed by atoms with Gasteiger partial charge in [0.15, 0.2) is 5.82 Å². The van der Waals surface area contributed by atoms with Gasteiger partial charge in [-0.05, 0) is 25.7 Å². The molecule has 1 N–H and O–H groups in total. The molecule has 20 heavy (non-hydrogen) atoms. The first kappa shape index (κ1) is 12.3. The number of carbonyl (C=O) groups is 1. The Labute approximate surface area is 120 Å². The Morgan fingerprint density at radius 2 is 1.95 bits per heavy atom. The summed E-state index contributed by atoms with van der Waals surface area (Å²) in [4.78, 5) is 13.0. The zero-order valence-electron chi connectivity index (χ0n) is 11.2. The summed E-state index contributed by atoms with van der Waals surface area (Å²) >= 11 is 1.33. The lowest BCUT2D eigenvalue weighted by Gasteiger charge is -2.21. The van der Waals surface area contributed by atoms with Crippen molar-refractivity contribution in [2.24, 2.45) is 0 Å². The molecule has 1 amide bonds. The van der Waals surface area contributed by atoms with Crippen LogP contribution in [0.3, 0.4) is 0 Å². The molecule has 2 aliphatic rings. The summed E-state index contributed by atoms with van der Waals surface area (Å²) in [6, 6.07) is 0.313. The van der Waals surface area contributed by atoms with E-state index >= 15 is 0 Å². The van der Waals surface area contributed by atoms with Crippen molar-refractivity contribution >= 4 is 22.2 Å². The fourth-order valence-electron chi connectivity index (χ4n) is 2.81. The molecule has 2 aromatic rings. The number of fused-ring (bicyclic) bond motifs is 1. The van der Waals surface area contributed by atoms with Gasteiger partial charge in [-0.2, -0.15) is 4.52 Å². The Morgan fingerprint density at radius 1 is 1.15 bits per heavy atom. The van der Waals surface area contributed by atoms with Crippen molar-refractivity contribution in [2.45, 2.75) is 56.9 Å². The van der Waals surface area contributed by atoms with Crippen molar-refractivity contribution in [2.75, 3.05) is 0 Å². The highest BCUT2D eigenvalue weighted by Crippen LogP contribution is 2.39. The second-order valence-corrected chi connectivity index (χ2v) is 6.70. The van der Waals surface area contributed by atoms with Crippen LogP contribution in [0.4, 0.5) is 0 Å². The summed E-state index contributed by atoms with van der Waals surface area (Å²) in [5, 5.41) is 16.3. The number of nitrogens with zero attached hydrogens (tertiary/aromatic N) is 4. The first-order valence-corrected chi connectivity index (χ1v) is 8.16. The van der Waals surface area contributed by atoms with Gasteiger partial charge in [-0.3, -0.25) is 4.79 Å². The Bertz CT molecular complexity index is 638. The highest BCUT2D eigenvalue weighted by molar-refractivity contribution is 7.18. The SMILES string of the molecule is O=C(NC1CCCCC1)c1nn2c(C3CC3)nnc2s1. The first-order chi connectivity index (χ1) is 9.81. The van der Waals surface area contributed by atoms with Crippen molar-refractivity contribution < 1.29 is 4.79 Å². The van der Waals surface area contributed by atoms with Gasteiger partial charge in [-0.1, -0.05) is 30.6 Å². The van der Waals surface area contributed by atoms with Crippen LogP contribution in [0.1, 0.15) is 66.5 Å².